The number of hydrogen-bond acceptors (Lipinski definition) is 3. The summed E-state index contributed by atoms with van der Waals surface area (Å²) in [5.74, 6) is 0.782. The lowest BCUT2D eigenvalue weighted by Gasteiger charge is -2.26. The van der Waals surface area contributed by atoms with Crippen molar-refractivity contribution >= 4 is 10.9 Å². The largest absolute Gasteiger partial charge is 0.497 e. The summed E-state index contributed by atoms with van der Waals surface area (Å²) in [6, 6.07) is 15.5. The third-order valence-corrected chi connectivity index (χ3v) is 5.51. The van der Waals surface area contributed by atoms with E-state index in [2.05, 4.69) is 11.1 Å². The predicted octanol–water partition coefficient (Wildman–Crippen LogP) is 2.92. The van der Waals surface area contributed by atoms with Gasteiger partial charge in [-0.05, 0) is 29.3 Å². The van der Waals surface area contributed by atoms with Gasteiger partial charge in [-0.25, -0.2) is 4.79 Å². The average Bonchev–Trinajstić information content (AvgIpc) is 3.18. The van der Waals surface area contributed by atoms with E-state index in [4.69, 9.17) is 4.74 Å². The molecular formula is C21H19N3O3. The van der Waals surface area contributed by atoms with Gasteiger partial charge in [-0.3, -0.25) is 9.13 Å². The SMILES string of the molecule is COc1ccc([C@@H]2c3[nH]c4ccccc4c3Cc3c(O)n(C)c(=O)n32)cc1. The monoisotopic (exact) mass is 361 g/mol. The quantitative estimate of drug-likeness (QED) is 0.508. The van der Waals surface area contributed by atoms with Crippen molar-refractivity contribution in [3.8, 4) is 11.6 Å². The highest BCUT2D eigenvalue weighted by Gasteiger charge is 2.34. The van der Waals surface area contributed by atoms with Crippen molar-refractivity contribution in [1.82, 2.24) is 14.1 Å². The van der Waals surface area contributed by atoms with Crippen LogP contribution in [0.5, 0.6) is 11.6 Å². The van der Waals surface area contributed by atoms with Gasteiger partial charge in [0.15, 0.2) is 0 Å². The van der Waals surface area contributed by atoms with Crippen LogP contribution >= 0.6 is 0 Å². The molecule has 1 aliphatic rings. The molecule has 0 saturated carbocycles. The molecule has 6 nitrogen and oxygen atoms in total. The molecule has 2 N–H and O–H groups in total. The first-order chi connectivity index (χ1) is 13.1. The van der Waals surface area contributed by atoms with Gasteiger partial charge in [0, 0.05) is 30.1 Å². The number of aromatic amines is 1. The zero-order valence-electron chi connectivity index (χ0n) is 15.1. The number of imidazole rings is 1. The van der Waals surface area contributed by atoms with Gasteiger partial charge < -0.3 is 14.8 Å². The molecule has 1 atom stereocenters. The van der Waals surface area contributed by atoms with Crippen LogP contribution in [0, 0.1) is 0 Å². The van der Waals surface area contributed by atoms with Gasteiger partial charge in [0.2, 0.25) is 5.88 Å². The molecule has 5 rings (SSSR count). The third kappa shape index (κ3) is 2.10. The minimum Gasteiger partial charge on any atom is -0.497 e. The Hall–Kier alpha value is -3.41. The predicted molar refractivity (Wildman–Crippen MR) is 103 cm³/mol. The Morgan fingerprint density at radius 1 is 1.15 bits per heavy atom. The molecule has 0 bridgehead atoms. The molecule has 2 aromatic heterocycles. The lowest BCUT2D eigenvalue weighted by molar-refractivity contribution is 0.414. The number of fused-ring (bicyclic) bond motifs is 4. The fourth-order valence-electron chi connectivity index (χ4n) is 4.14. The van der Waals surface area contributed by atoms with Crippen LogP contribution < -0.4 is 10.4 Å². The van der Waals surface area contributed by atoms with Gasteiger partial charge in [0.05, 0.1) is 12.8 Å². The summed E-state index contributed by atoms with van der Waals surface area (Å²) < 4.78 is 8.26. The van der Waals surface area contributed by atoms with Gasteiger partial charge >= 0.3 is 5.69 Å². The van der Waals surface area contributed by atoms with Crippen molar-refractivity contribution in [3.63, 3.8) is 0 Å². The highest BCUT2D eigenvalue weighted by Crippen LogP contribution is 2.40. The van der Waals surface area contributed by atoms with E-state index >= 15 is 0 Å². The van der Waals surface area contributed by atoms with Gasteiger partial charge in [-0.1, -0.05) is 30.3 Å². The van der Waals surface area contributed by atoms with Crippen LogP contribution in [0.1, 0.15) is 28.6 Å². The summed E-state index contributed by atoms with van der Waals surface area (Å²) in [6.07, 6.45) is 0.508. The van der Waals surface area contributed by atoms with E-state index in [0.29, 0.717) is 12.1 Å². The Kier molecular flexibility index (Phi) is 3.25. The van der Waals surface area contributed by atoms with Crippen LogP contribution in [-0.2, 0) is 13.5 Å². The third-order valence-electron chi connectivity index (χ3n) is 5.51. The molecule has 0 unspecified atom stereocenters. The number of nitrogens with one attached hydrogen (secondary N) is 1. The molecule has 0 aliphatic carbocycles. The molecule has 0 saturated heterocycles. The zero-order valence-corrected chi connectivity index (χ0v) is 15.1. The van der Waals surface area contributed by atoms with Crippen molar-refractivity contribution in [2.24, 2.45) is 7.05 Å². The van der Waals surface area contributed by atoms with Gasteiger partial charge in [-0.15, -0.1) is 0 Å². The molecule has 4 aromatic rings. The maximum Gasteiger partial charge on any atom is 0.331 e. The van der Waals surface area contributed by atoms with Crippen LogP contribution in [0.25, 0.3) is 10.9 Å². The molecule has 0 fully saturated rings. The second kappa shape index (κ2) is 5.54. The molecule has 3 heterocycles. The summed E-state index contributed by atoms with van der Waals surface area (Å²) in [4.78, 5) is 16.4. The number of H-pyrrole nitrogens is 1. The number of aromatic nitrogens is 3. The van der Waals surface area contributed by atoms with E-state index < -0.39 is 0 Å². The van der Waals surface area contributed by atoms with Crippen LogP contribution in [0.2, 0.25) is 0 Å². The van der Waals surface area contributed by atoms with E-state index in [0.717, 1.165) is 33.5 Å². The number of hydrogen-bond donors (Lipinski definition) is 2. The zero-order chi connectivity index (χ0) is 18.7. The number of aromatic hydroxyl groups is 1. The molecular weight excluding hydrogens is 342 g/mol. The molecule has 0 spiro atoms. The minimum atomic E-state index is -0.332. The second-order valence-corrected chi connectivity index (χ2v) is 6.90. The molecule has 136 valence electrons. The van der Waals surface area contributed by atoms with E-state index in [9.17, 15) is 9.90 Å². The van der Waals surface area contributed by atoms with Crippen LogP contribution in [0.15, 0.2) is 53.3 Å². The minimum absolute atomic E-state index is 0.0226. The highest BCUT2D eigenvalue weighted by atomic mass is 16.5. The fourth-order valence-corrected chi connectivity index (χ4v) is 4.14. The maximum atomic E-state index is 12.9. The molecule has 1 aliphatic heterocycles. The standard InChI is InChI=1S/C21H19N3O3/c1-23-20(25)17-11-15-14-5-3-4-6-16(14)22-18(15)19(24(17)21(23)26)12-7-9-13(27-2)10-8-12/h3-10,19,22,25H,11H2,1-2H3/t19-/m1/s1. The summed E-state index contributed by atoms with van der Waals surface area (Å²) in [7, 11) is 3.23. The van der Waals surface area contributed by atoms with Crippen molar-refractivity contribution in [2.45, 2.75) is 12.5 Å². The van der Waals surface area contributed by atoms with Crippen molar-refractivity contribution in [3.05, 3.63) is 81.5 Å². The first-order valence-corrected chi connectivity index (χ1v) is 8.82. The normalized spacial score (nSPS) is 15.6. The van der Waals surface area contributed by atoms with Crippen LogP contribution in [0.3, 0.4) is 0 Å². The average molecular weight is 361 g/mol. The molecule has 27 heavy (non-hydrogen) atoms. The van der Waals surface area contributed by atoms with Crippen LogP contribution in [0.4, 0.5) is 0 Å². The Morgan fingerprint density at radius 2 is 1.89 bits per heavy atom. The van der Waals surface area contributed by atoms with Gasteiger partial charge in [0.1, 0.15) is 11.8 Å². The number of rotatable bonds is 2. The smallest absolute Gasteiger partial charge is 0.331 e. The molecule has 0 radical (unpaired) electrons. The Balaban J connectivity index is 1.83. The topological polar surface area (TPSA) is 72.2 Å². The van der Waals surface area contributed by atoms with Crippen molar-refractivity contribution in [2.75, 3.05) is 7.11 Å². The van der Waals surface area contributed by atoms with Crippen molar-refractivity contribution < 1.29 is 9.84 Å². The van der Waals surface area contributed by atoms with Crippen LogP contribution in [-0.4, -0.2) is 26.3 Å². The summed E-state index contributed by atoms with van der Waals surface area (Å²) in [5.41, 5.74) is 4.50. The fraction of sp³-hybridized carbons (Fsp3) is 0.190. The lowest BCUT2D eigenvalue weighted by Crippen LogP contribution is -2.31. The Morgan fingerprint density at radius 3 is 2.63 bits per heavy atom. The number of para-hydroxylation sites is 1. The first kappa shape index (κ1) is 15.8. The van der Waals surface area contributed by atoms with Gasteiger partial charge in [0.25, 0.3) is 0 Å². The van der Waals surface area contributed by atoms with E-state index in [-0.39, 0.29) is 17.6 Å². The first-order valence-electron chi connectivity index (χ1n) is 8.82. The molecule has 6 heteroatoms. The number of nitrogens with zero attached hydrogens (tertiary/aromatic N) is 2. The van der Waals surface area contributed by atoms with E-state index in [1.54, 1.807) is 18.7 Å². The summed E-state index contributed by atoms with van der Waals surface area (Å²) in [6.45, 7) is 0. The highest BCUT2D eigenvalue weighted by molar-refractivity contribution is 5.86. The van der Waals surface area contributed by atoms with E-state index in [1.807, 2.05) is 42.5 Å². The second-order valence-electron chi connectivity index (χ2n) is 6.90. The number of benzene rings is 2. The maximum absolute atomic E-state index is 12.9. The Labute approximate surface area is 155 Å². The van der Waals surface area contributed by atoms with E-state index in [1.165, 1.54) is 4.57 Å². The summed E-state index contributed by atoms with van der Waals surface area (Å²) >= 11 is 0. The van der Waals surface area contributed by atoms with Gasteiger partial charge in [-0.2, -0.15) is 0 Å². The lowest BCUT2D eigenvalue weighted by atomic mass is 9.93. The molecule has 0 amide bonds. The van der Waals surface area contributed by atoms with Crippen molar-refractivity contribution in [1.29, 1.82) is 0 Å². The number of ether oxygens (including phenoxy) is 1. The molecule has 2 aromatic carbocycles. The Bertz CT molecular complexity index is 1230. The summed E-state index contributed by atoms with van der Waals surface area (Å²) in [5, 5.41) is 11.7. The number of methoxy groups -OCH3 is 1.